The van der Waals surface area contributed by atoms with Crippen LogP contribution in [0.25, 0.3) is 54.3 Å². The van der Waals surface area contributed by atoms with Gasteiger partial charge in [-0.25, -0.2) is 0 Å². The number of aromatic nitrogens is 1. The third-order valence-electron chi connectivity index (χ3n) is 12.5. The Morgan fingerprint density at radius 3 is 2.09 bits per heavy atom. The van der Waals surface area contributed by atoms with Crippen LogP contribution in [0, 0.1) is 43.6 Å². The van der Waals surface area contributed by atoms with E-state index >= 15 is 0 Å². The summed E-state index contributed by atoms with van der Waals surface area (Å²) in [6, 6.07) is 23.5. The molecule has 6 aromatic rings. The van der Waals surface area contributed by atoms with Crippen molar-refractivity contribution >= 4 is 49.1 Å². The summed E-state index contributed by atoms with van der Waals surface area (Å²) in [6.07, 6.45) is 5.71. The summed E-state index contributed by atoms with van der Waals surface area (Å²) < 4.78 is 7.64. The van der Waals surface area contributed by atoms with Crippen molar-refractivity contribution in [2.24, 2.45) is 16.7 Å². The summed E-state index contributed by atoms with van der Waals surface area (Å²) in [7, 11) is 0. The van der Waals surface area contributed by atoms with Crippen LogP contribution in [-0.4, -0.2) is 15.9 Å². The minimum Gasteiger partial charge on any atom is -0.512 e. The number of pyridine rings is 1. The molecule has 0 unspecified atom stereocenters. The van der Waals surface area contributed by atoms with Crippen LogP contribution in [0.1, 0.15) is 129 Å². The number of carbonyl (C=O) groups is 1. The molecule has 0 amide bonds. The molecule has 0 atom stereocenters. The monoisotopic (exact) mass is 963 g/mol. The largest absolute Gasteiger partial charge is 0.512 e. The molecule has 1 N–H and O–H groups in total. The summed E-state index contributed by atoms with van der Waals surface area (Å²) in [6.45, 7) is 30.0. The quantitative estimate of drug-likeness (QED) is 0.0798. The van der Waals surface area contributed by atoms with Crippen LogP contribution in [0.3, 0.4) is 0 Å². The number of aliphatic hydroxyl groups is 1. The zero-order valence-corrected chi connectivity index (χ0v) is 40.1. The summed E-state index contributed by atoms with van der Waals surface area (Å²) in [5.74, 6) is 1.94. The number of carbonyl (C=O) groups excluding carboxylic acids is 1. The van der Waals surface area contributed by atoms with Crippen molar-refractivity contribution in [3.8, 4) is 22.4 Å². The molecule has 6 heteroatoms. The van der Waals surface area contributed by atoms with E-state index in [2.05, 4.69) is 116 Å². The Hall–Kier alpha value is -3.57. The predicted molar refractivity (Wildman–Crippen MR) is 241 cm³/mol. The molecule has 0 bridgehead atoms. The van der Waals surface area contributed by atoms with Crippen LogP contribution in [-0.2, 0) is 36.7 Å². The minimum atomic E-state index is -0.337. The standard InChI is InChI=1S/C36H36NOS.C15H28O2.Ir/c1-20(2)15-32-22(4)27-14-13-25(18-33(27)38-32)29-19-31(37-34-21(3)23(5)39-35(29)34)26-16-24-11-9-10-12-28(24)30(17-26)36(6,7)8;1-7-14(5,8-2)12(16)11-13(17)15(6,9-3)10-4;/h9-14,17-20H,15H2,1-8H3;11,16H,7-10H2,1-6H3;/q-1;;/b;12-11-;. The summed E-state index contributed by atoms with van der Waals surface area (Å²) in [4.78, 5) is 18.7. The first-order chi connectivity index (χ1) is 26.3. The van der Waals surface area contributed by atoms with E-state index in [0.717, 1.165) is 65.6 Å². The molecule has 307 valence electrons. The number of fused-ring (bicyclic) bond motifs is 3. The molecule has 3 aromatic carbocycles. The van der Waals surface area contributed by atoms with Crippen LogP contribution in [0.15, 0.2) is 70.8 Å². The van der Waals surface area contributed by atoms with Gasteiger partial charge in [0.25, 0.3) is 0 Å². The van der Waals surface area contributed by atoms with Gasteiger partial charge in [0.2, 0.25) is 0 Å². The van der Waals surface area contributed by atoms with Crippen LogP contribution < -0.4 is 0 Å². The van der Waals surface area contributed by atoms with Crippen molar-refractivity contribution in [2.75, 3.05) is 0 Å². The molecule has 3 aromatic heterocycles. The zero-order valence-electron chi connectivity index (χ0n) is 36.8. The topological polar surface area (TPSA) is 63.3 Å². The first-order valence-corrected chi connectivity index (χ1v) is 21.5. The maximum atomic E-state index is 12.2. The number of aliphatic hydroxyl groups excluding tert-OH is 1. The van der Waals surface area contributed by atoms with Gasteiger partial charge in [-0.05, 0) is 86.1 Å². The van der Waals surface area contributed by atoms with Gasteiger partial charge in [0.05, 0.1) is 10.2 Å². The number of thiophene rings is 1. The Labute approximate surface area is 359 Å². The first kappa shape index (κ1) is 46.1. The van der Waals surface area contributed by atoms with Crippen LogP contribution in [0.2, 0.25) is 0 Å². The van der Waals surface area contributed by atoms with Gasteiger partial charge in [0, 0.05) is 59.4 Å². The van der Waals surface area contributed by atoms with Gasteiger partial charge in [-0.2, -0.15) is 0 Å². The molecular weight excluding hydrogens is 899 g/mol. The predicted octanol–water partition coefficient (Wildman–Crippen LogP) is 15.4. The van der Waals surface area contributed by atoms with E-state index in [4.69, 9.17) is 9.40 Å². The molecular formula is C51H64IrNO3S-. The third-order valence-corrected chi connectivity index (χ3v) is 13.7. The van der Waals surface area contributed by atoms with Gasteiger partial charge >= 0.3 is 0 Å². The Balaban J connectivity index is 0.000000341. The molecule has 6 rings (SSSR count). The van der Waals surface area contributed by atoms with Crippen molar-refractivity contribution < 1.29 is 34.4 Å². The van der Waals surface area contributed by atoms with Crippen LogP contribution in [0.5, 0.6) is 0 Å². The Morgan fingerprint density at radius 2 is 1.49 bits per heavy atom. The third kappa shape index (κ3) is 9.51. The maximum Gasteiger partial charge on any atom is 0.164 e. The summed E-state index contributed by atoms with van der Waals surface area (Å²) >= 11 is 1.83. The molecule has 4 nitrogen and oxygen atoms in total. The number of nitrogens with zero attached hydrogens (tertiary/aromatic N) is 1. The van der Waals surface area contributed by atoms with E-state index in [1.165, 1.54) is 54.2 Å². The van der Waals surface area contributed by atoms with E-state index in [1.54, 1.807) is 0 Å². The molecule has 0 saturated carbocycles. The van der Waals surface area contributed by atoms with Crippen molar-refractivity contribution in [2.45, 2.75) is 134 Å². The van der Waals surface area contributed by atoms with Gasteiger partial charge in [0.15, 0.2) is 5.78 Å². The Bertz CT molecular complexity index is 2400. The van der Waals surface area contributed by atoms with Gasteiger partial charge in [-0.3, -0.25) is 9.78 Å². The fourth-order valence-corrected chi connectivity index (χ4v) is 8.46. The Kier molecular flexibility index (Phi) is 14.7. The molecule has 57 heavy (non-hydrogen) atoms. The Morgan fingerprint density at radius 1 is 0.860 bits per heavy atom. The zero-order chi connectivity index (χ0) is 41.3. The van der Waals surface area contributed by atoms with Gasteiger partial charge in [-0.15, -0.1) is 40.5 Å². The van der Waals surface area contributed by atoms with E-state index < -0.39 is 0 Å². The summed E-state index contributed by atoms with van der Waals surface area (Å²) in [5.41, 5.74) is 9.65. The van der Waals surface area contributed by atoms with E-state index in [-0.39, 0.29) is 47.9 Å². The second-order valence-electron chi connectivity index (χ2n) is 17.8. The molecule has 3 heterocycles. The number of hydrogen-bond acceptors (Lipinski definition) is 5. The normalized spacial score (nSPS) is 12.6. The maximum absolute atomic E-state index is 12.2. The molecule has 0 aliphatic carbocycles. The van der Waals surface area contributed by atoms with Crippen molar-refractivity contribution in [1.29, 1.82) is 0 Å². The number of benzene rings is 3. The smallest absolute Gasteiger partial charge is 0.164 e. The number of aryl methyl sites for hydroxylation is 3. The number of allylic oxidation sites excluding steroid dienone is 2. The number of ketones is 1. The van der Waals surface area contributed by atoms with E-state index in [9.17, 15) is 9.90 Å². The molecule has 0 spiro atoms. The molecule has 1 radical (unpaired) electrons. The van der Waals surface area contributed by atoms with Crippen molar-refractivity contribution in [3.05, 3.63) is 99.8 Å². The minimum absolute atomic E-state index is 0. The average molecular weight is 963 g/mol. The molecule has 0 aliphatic heterocycles. The molecule has 0 fully saturated rings. The van der Waals surface area contributed by atoms with E-state index in [1.807, 2.05) is 52.9 Å². The number of furan rings is 1. The van der Waals surface area contributed by atoms with Gasteiger partial charge < -0.3 is 9.52 Å². The van der Waals surface area contributed by atoms with Crippen LogP contribution >= 0.6 is 11.3 Å². The fraction of sp³-hybridized carbons (Fsp3) is 0.451. The SMILES string of the molecule is CCC(C)(CC)C(=O)/C=C(\O)C(C)(CC)CC.Cc1sc2c(-c3ccc4c(C)c(CC(C)C)oc4c3)cc(-c3[c-]c4ccccc4c(C(C)(C)C)c3)nc2c1C.[Ir]. The van der Waals surface area contributed by atoms with Crippen molar-refractivity contribution in [3.63, 3.8) is 0 Å². The van der Waals surface area contributed by atoms with Gasteiger partial charge in [-0.1, -0.05) is 124 Å². The first-order valence-electron chi connectivity index (χ1n) is 20.6. The fourth-order valence-electron chi connectivity index (χ4n) is 7.32. The van der Waals surface area contributed by atoms with E-state index in [0.29, 0.717) is 5.92 Å². The van der Waals surface area contributed by atoms with Crippen LogP contribution in [0.4, 0.5) is 0 Å². The number of rotatable bonds is 11. The second-order valence-corrected chi connectivity index (χ2v) is 19.0. The average Bonchev–Trinajstić information content (AvgIpc) is 3.64. The second kappa shape index (κ2) is 18.1. The number of hydrogen-bond donors (Lipinski definition) is 1. The summed E-state index contributed by atoms with van der Waals surface area (Å²) in [5, 5.41) is 13.7. The molecule has 0 aliphatic rings. The van der Waals surface area contributed by atoms with Gasteiger partial charge in [0.1, 0.15) is 17.1 Å². The molecule has 0 saturated heterocycles. The van der Waals surface area contributed by atoms with Crippen molar-refractivity contribution in [1.82, 2.24) is 4.98 Å².